The van der Waals surface area contributed by atoms with E-state index in [0.717, 1.165) is 22.3 Å². The molecule has 1 unspecified atom stereocenters. The summed E-state index contributed by atoms with van der Waals surface area (Å²) in [6, 6.07) is 12.3. The summed E-state index contributed by atoms with van der Waals surface area (Å²) in [5.41, 5.74) is 2.55. The molecule has 2 aliphatic rings. The molecule has 4 aromatic rings. The highest BCUT2D eigenvalue weighted by molar-refractivity contribution is 5.93. The second-order valence-corrected chi connectivity index (χ2v) is 9.34. The molecule has 2 atom stereocenters. The number of alkyl halides is 2. The van der Waals surface area contributed by atoms with Crippen LogP contribution in [0.3, 0.4) is 0 Å². The Labute approximate surface area is 205 Å². The van der Waals surface area contributed by atoms with Gasteiger partial charge in [-0.05, 0) is 36.6 Å². The van der Waals surface area contributed by atoms with E-state index in [4.69, 9.17) is 4.74 Å². The van der Waals surface area contributed by atoms with Crippen LogP contribution in [-0.2, 0) is 17.7 Å². The first-order valence-electron chi connectivity index (χ1n) is 11.7. The number of hydrogen-bond acceptors (Lipinski definition) is 4. The quantitative estimate of drug-likeness (QED) is 0.431. The van der Waals surface area contributed by atoms with Gasteiger partial charge in [0.05, 0.1) is 31.8 Å². The Morgan fingerprint density at radius 3 is 2.92 bits per heavy atom. The molecule has 1 aromatic carbocycles. The van der Waals surface area contributed by atoms with Gasteiger partial charge in [-0.15, -0.1) is 0 Å². The number of hydrogen-bond donors (Lipinski definition) is 2. The summed E-state index contributed by atoms with van der Waals surface area (Å²) in [5, 5.41) is 4.02. The molecule has 6 rings (SSSR count). The van der Waals surface area contributed by atoms with Crippen molar-refractivity contribution in [2.45, 2.75) is 37.8 Å². The van der Waals surface area contributed by atoms with Crippen LogP contribution in [-0.4, -0.2) is 50.5 Å². The largest absolute Gasteiger partial charge is 0.372 e. The number of pyridine rings is 1. The van der Waals surface area contributed by atoms with Crippen LogP contribution in [0.25, 0.3) is 10.9 Å². The number of imidazole rings is 1. The first-order valence-corrected chi connectivity index (χ1v) is 11.7. The number of carbonyl (C=O) groups excluding carboxylic acids is 1. The lowest BCUT2D eigenvalue weighted by Crippen LogP contribution is -2.44. The van der Waals surface area contributed by atoms with Gasteiger partial charge in [0, 0.05) is 34.6 Å². The number of halogens is 2. The maximum atomic E-state index is 14.3. The molecular weight excluding hydrogens is 464 g/mol. The van der Waals surface area contributed by atoms with E-state index >= 15 is 0 Å². The van der Waals surface area contributed by atoms with Gasteiger partial charge in [-0.25, -0.2) is 18.7 Å². The maximum absolute atomic E-state index is 14.3. The van der Waals surface area contributed by atoms with Gasteiger partial charge in [0.1, 0.15) is 17.9 Å². The lowest BCUT2D eigenvalue weighted by atomic mass is 10.0. The lowest BCUT2D eigenvalue weighted by Gasteiger charge is -2.28. The summed E-state index contributed by atoms with van der Waals surface area (Å²) in [7, 11) is 0. The van der Waals surface area contributed by atoms with Gasteiger partial charge in [-0.1, -0.05) is 30.0 Å². The van der Waals surface area contributed by atoms with Crippen molar-refractivity contribution < 1.29 is 18.3 Å². The Morgan fingerprint density at radius 1 is 1.31 bits per heavy atom. The van der Waals surface area contributed by atoms with E-state index in [2.05, 4.69) is 32.1 Å². The topological polar surface area (TPSA) is 84.8 Å². The van der Waals surface area contributed by atoms with Crippen LogP contribution in [0.4, 0.5) is 8.78 Å². The predicted molar refractivity (Wildman–Crippen MR) is 129 cm³/mol. The number of para-hydroxylation sites is 1. The minimum absolute atomic E-state index is 0.0572. The van der Waals surface area contributed by atoms with Crippen LogP contribution in [0.15, 0.2) is 48.8 Å². The SMILES string of the molecule is Cc1cc(C#CC2(F)COC2)cc(C(=O)NC(c2cc3ccccc3[nH]2)c2ncn3c2C[C@@H](F)C3)n1. The summed E-state index contributed by atoms with van der Waals surface area (Å²) in [4.78, 5) is 25.7. The smallest absolute Gasteiger partial charge is 0.270 e. The maximum Gasteiger partial charge on any atom is 0.270 e. The standard InChI is InChI=1S/C27H23F2N5O2/c1-16-8-17(6-7-27(29)13-36-14-27)9-22(31-16)26(35)33-24(21-10-18-4-2-3-5-20(18)32-21)25-23-11-19(28)12-34(23)15-30-25/h2-5,8-10,15,19,24,32H,11-14H2,1H3,(H,33,35)/t19-,24?/m1/s1. The highest BCUT2D eigenvalue weighted by Gasteiger charge is 2.37. The van der Waals surface area contributed by atoms with Crippen molar-refractivity contribution in [1.82, 2.24) is 24.8 Å². The molecule has 2 N–H and O–H groups in total. The van der Waals surface area contributed by atoms with E-state index in [1.54, 1.807) is 23.9 Å². The number of rotatable bonds is 4. The first-order chi connectivity index (χ1) is 17.4. The number of nitrogens with zero attached hydrogens (tertiary/aromatic N) is 3. The van der Waals surface area contributed by atoms with Crippen molar-refractivity contribution in [3.05, 3.63) is 82.8 Å². The van der Waals surface area contributed by atoms with Gasteiger partial charge in [-0.3, -0.25) is 4.79 Å². The Hall–Kier alpha value is -4.03. The third-order valence-corrected chi connectivity index (χ3v) is 6.48. The zero-order valence-corrected chi connectivity index (χ0v) is 19.5. The fraction of sp³-hybridized carbons (Fsp3) is 0.296. The minimum Gasteiger partial charge on any atom is -0.372 e. The highest BCUT2D eigenvalue weighted by Crippen LogP contribution is 2.31. The average molecular weight is 488 g/mol. The monoisotopic (exact) mass is 487 g/mol. The minimum atomic E-state index is -1.66. The average Bonchev–Trinajstić information content (AvgIpc) is 3.53. The lowest BCUT2D eigenvalue weighted by molar-refractivity contribution is -0.0934. The molecule has 0 aliphatic carbocycles. The van der Waals surface area contributed by atoms with Gasteiger partial charge in [0.15, 0.2) is 0 Å². The second kappa shape index (κ2) is 8.57. The van der Waals surface area contributed by atoms with E-state index < -0.39 is 23.8 Å². The van der Waals surface area contributed by atoms with E-state index in [1.807, 2.05) is 30.3 Å². The van der Waals surface area contributed by atoms with E-state index in [-0.39, 0.29) is 31.9 Å². The van der Waals surface area contributed by atoms with E-state index in [9.17, 15) is 13.6 Å². The Kier molecular flexibility index (Phi) is 5.34. The zero-order chi connectivity index (χ0) is 24.9. The van der Waals surface area contributed by atoms with Crippen LogP contribution in [0, 0.1) is 18.8 Å². The molecule has 182 valence electrons. The van der Waals surface area contributed by atoms with Crippen LogP contribution < -0.4 is 5.32 Å². The van der Waals surface area contributed by atoms with Gasteiger partial charge in [0.25, 0.3) is 5.91 Å². The van der Waals surface area contributed by atoms with E-state index in [1.165, 1.54) is 6.07 Å². The fourth-order valence-electron chi connectivity index (χ4n) is 4.68. The molecule has 7 nitrogen and oxygen atoms in total. The third-order valence-electron chi connectivity index (χ3n) is 6.48. The fourth-order valence-corrected chi connectivity index (χ4v) is 4.68. The number of aromatic amines is 1. The summed E-state index contributed by atoms with van der Waals surface area (Å²) in [5.74, 6) is 4.95. The van der Waals surface area contributed by atoms with Gasteiger partial charge >= 0.3 is 0 Å². The molecule has 36 heavy (non-hydrogen) atoms. The molecular formula is C27H23F2N5O2. The molecule has 1 fully saturated rings. The number of amides is 1. The molecule has 2 aliphatic heterocycles. The molecule has 9 heteroatoms. The van der Waals surface area contributed by atoms with Crippen LogP contribution >= 0.6 is 0 Å². The molecule has 0 spiro atoms. The van der Waals surface area contributed by atoms with Crippen LogP contribution in [0.1, 0.15) is 44.9 Å². The molecule has 3 aromatic heterocycles. The van der Waals surface area contributed by atoms with Crippen molar-refractivity contribution in [3.8, 4) is 11.8 Å². The number of aryl methyl sites for hydroxylation is 1. The third kappa shape index (κ3) is 4.14. The summed E-state index contributed by atoms with van der Waals surface area (Å²) >= 11 is 0. The number of nitrogens with one attached hydrogen (secondary N) is 2. The summed E-state index contributed by atoms with van der Waals surface area (Å²) in [6.45, 7) is 1.88. The molecule has 5 heterocycles. The van der Waals surface area contributed by atoms with Crippen molar-refractivity contribution in [2.75, 3.05) is 13.2 Å². The molecule has 1 amide bonds. The molecule has 0 bridgehead atoms. The highest BCUT2D eigenvalue weighted by atomic mass is 19.1. The first kappa shape index (κ1) is 22.4. The van der Waals surface area contributed by atoms with Crippen molar-refractivity contribution in [2.24, 2.45) is 0 Å². The summed E-state index contributed by atoms with van der Waals surface area (Å²) in [6.07, 6.45) is 0.862. The Bertz CT molecular complexity index is 1510. The predicted octanol–water partition coefficient (Wildman–Crippen LogP) is 3.57. The number of benzene rings is 1. The van der Waals surface area contributed by atoms with Crippen molar-refractivity contribution in [1.29, 1.82) is 0 Å². The number of carbonyl (C=O) groups is 1. The normalized spacial score (nSPS) is 18.7. The number of fused-ring (bicyclic) bond motifs is 2. The molecule has 1 saturated heterocycles. The zero-order valence-electron chi connectivity index (χ0n) is 19.5. The number of H-pyrrole nitrogens is 1. The molecule has 0 saturated carbocycles. The Morgan fingerprint density at radius 2 is 2.14 bits per heavy atom. The summed E-state index contributed by atoms with van der Waals surface area (Å²) < 4.78 is 35.1. The van der Waals surface area contributed by atoms with E-state index in [0.29, 0.717) is 17.0 Å². The van der Waals surface area contributed by atoms with Crippen molar-refractivity contribution in [3.63, 3.8) is 0 Å². The van der Waals surface area contributed by atoms with Crippen LogP contribution in [0.5, 0.6) is 0 Å². The number of ether oxygens (including phenoxy) is 1. The van der Waals surface area contributed by atoms with Gasteiger partial charge in [-0.2, -0.15) is 0 Å². The second-order valence-electron chi connectivity index (χ2n) is 9.34. The van der Waals surface area contributed by atoms with Gasteiger partial charge < -0.3 is 19.6 Å². The van der Waals surface area contributed by atoms with Gasteiger partial charge in [0.2, 0.25) is 5.67 Å². The van der Waals surface area contributed by atoms with Crippen LogP contribution in [0.2, 0.25) is 0 Å². The van der Waals surface area contributed by atoms with Crippen molar-refractivity contribution >= 4 is 16.8 Å². The molecule has 0 radical (unpaired) electrons. The Balaban J connectivity index is 1.35. The number of aromatic nitrogens is 4.